The van der Waals surface area contributed by atoms with Gasteiger partial charge in [-0.3, -0.25) is 10.1 Å². The molecule has 0 aliphatic heterocycles. The molecule has 1 rings (SSSR count). The van der Waals surface area contributed by atoms with Crippen LogP contribution in [0.4, 0.5) is 4.39 Å². The fourth-order valence-electron chi connectivity index (χ4n) is 0.815. The Bertz CT molecular complexity index is 285. The minimum absolute atomic E-state index is 0.169. The van der Waals surface area contributed by atoms with E-state index >= 15 is 0 Å². The molecule has 0 saturated heterocycles. The van der Waals surface area contributed by atoms with Crippen molar-refractivity contribution in [1.82, 2.24) is 0 Å². The van der Waals surface area contributed by atoms with Crippen molar-refractivity contribution in [2.75, 3.05) is 0 Å². The summed E-state index contributed by atoms with van der Waals surface area (Å²) in [5.74, 6) is -0.967. The largest absolute Gasteiger partial charge is 0.371 e. The third-order valence-electron chi connectivity index (χ3n) is 1.37. The summed E-state index contributed by atoms with van der Waals surface area (Å²) in [6.07, 6.45) is 1.40. The highest BCUT2D eigenvalue weighted by Crippen LogP contribution is 2.29. The molecule has 1 aliphatic carbocycles. The average Bonchev–Trinajstić information content (AvgIpc) is 1.94. The number of aliphatic hydroxyl groups is 1. The van der Waals surface area contributed by atoms with Crippen molar-refractivity contribution in [3.8, 4) is 0 Å². The van der Waals surface area contributed by atoms with Crippen LogP contribution in [0.5, 0.6) is 0 Å². The van der Waals surface area contributed by atoms with Crippen molar-refractivity contribution in [1.29, 1.82) is 0 Å². The minimum Gasteiger partial charge on any atom is -0.371 e. The van der Waals surface area contributed by atoms with Crippen molar-refractivity contribution in [3.63, 3.8) is 0 Å². The Morgan fingerprint density at radius 3 is 2.83 bits per heavy atom. The van der Waals surface area contributed by atoms with E-state index in [0.717, 1.165) is 6.08 Å². The van der Waals surface area contributed by atoms with Crippen LogP contribution in [0.3, 0.4) is 0 Å². The van der Waals surface area contributed by atoms with E-state index in [1.807, 2.05) is 0 Å². The van der Waals surface area contributed by atoms with Gasteiger partial charge in [-0.2, -0.15) is 4.39 Å². The minimum atomic E-state index is -1.84. The molecule has 0 aromatic heterocycles. The van der Waals surface area contributed by atoms with Gasteiger partial charge in [-0.05, 0) is 6.08 Å². The highest BCUT2D eigenvalue weighted by atomic mass is 35.5. The number of allylic oxidation sites excluding steroid dienone is 1. The number of nitro groups is 1. The molecule has 4 nitrogen and oxygen atoms in total. The average molecular weight is 194 g/mol. The maximum atomic E-state index is 12.6. The van der Waals surface area contributed by atoms with Crippen LogP contribution in [0, 0.1) is 10.1 Å². The molecule has 0 fully saturated rings. The lowest BCUT2D eigenvalue weighted by Crippen LogP contribution is -2.22. The predicted molar refractivity (Wildman–Crippen MR) is 39.7 cm³/mol. The Morgan fingerprint density at radius 1 is 1.83 bits per heavy atom. The lowest BCUT2D eigenvalue weighted by atomic mass is 10.1. The summed E-state index contributed by atoms with van der Waals surface area (Å²) in [6, 6.07) is 0. The third-order valence-corrected chi connectivity index (χ3v) is 1.63. The van der Waals surface area contributed by atoms with E-state index in [0.29, 0.717) is 6.08 Å². The normalized spacial score (nSPS) is 29.2. The summed E-state index contributed by atoms with van der Waals surface area (Å²) < 4.78 is 12.6. The van der Waals surface area contributed by atoms with E-state index < -0.39 is 21.5 Å². The molecule has 0 heterocycles. The quantitative estimate of drug-likeness (QED) is 0.388. The lowest BCUT2D eigenvalue weighted by Gasteiger charge is -2.16. The van der Waals surface area contributed by atoms with Crippen molar-refractivity contribution < 1.29 is 14.4 Å². The zero-order valence-electron chi connectivity index (χ0n) is 5.83. The zero-order valence-corrected chi connectivity index (χ0v) is 6.58. The summed E-state index contributed by atoms with van der Waals surface area (Å²) in [4.78, 5) is 9.21. The Morgan fingerprint density at radius 2 is 2.42 bits per heavy atom. The van der Waals surface area contributed by atoms with Crippen LogP contribution in [0.1, 0.15) is 6.42 Å². The van der Waals surface area contributed by atoms with E-state index in [-0.39, 0.29) is 6.42 Å². The van der Waals surface area contributed by atoms with Crippen LogP contribution in [-0.2, 0) is 0 Å². The van der Waals surface area contributed by atoms with Gasteiger partial charge < -0.3 is 5.11 Å². The number of halogens is 2. The van der Waals surface area contributed by atoms with Crippen molar-refractivity contribution in [3.05, 3.63) is 33.8 Å². The molecule has 1 N–H and O–H groups in total. The fraction of sp³-hybridized carbons (Fsp3) is 0.333. The Hall–Kier alpha value is -0.940. The molecular weight excluding hydrogens is 189 g/mol. The van der Waals surface area contributed by atoms with E-state index in [1.165, 1.54) is 0 Å². The van der Waals surface area contributed by atoms with Gasteiger partial charge in [0.2, 0.25) is 0 Å². The molecule has 1 atom stereocenters. The van der Waals surface area contributed by atoms with Gasteiger partial charge in [-0.1, -0.05) is 11.6 Å². The molecule has 12 heavy (non-hydrogen) atoms. The molecule has 0 amide bonds. The summed E-state index contributed by atoms with van der Waals surface area (Å²) in [6.45, 7) is 0. The fourth-order valence-corrected chi connectivity index (χ4v) is 0.995. The molecule has 0 bridgehead atoms. The Kier molecular flexibility index (Phi) is 2.16. The molecule has 1 unspecified atom stereocenters. The zero-order chi connectivity index (χ0) is 9.35. The third kappa shape index (κ3) is 1.80. The molecular formula is C6H5ClFNO3. The van der Waals surface area contributed by atoms with Gasteiger partial charge in [0.25, 0.3) is 0 Å². The SMILES string of the molecule is O=[N+]([O-])C1=CC(O)(Cl)CC=C1F. The maximum Gasteiger partial charge on any atom is 0.304 e. The van der Waals surface area contributed by atoms with Gasteiger partial charge in [0.05, 0.1) is 4.92 Å². The first kappa shape index (κ1) is 9.15. The van der Waals surface area contributed by atoms with Crippen molar-refractivity contribution >= 4 is 11.6 Å². The summed E-state index contributed by atoms with van der Waals surface area (Å²) in [7, 11) is 0. The monoisotopic (exact) mass is 193 g/mol. The topological polar surface area (TPSA) is 63.4 Å². The first-order chi connectivity index (χ1) is 5.42. The highest BCUT2D eigenvalue weighted by Gasteiger charge is 2.32. The van der Waals surface area contributed by atoms with Crippen LogP contribution in [0.15, 0.2) is 23.7 Å². The molecule has 0 radical (unpaired) electrons. The lowest BCUT2D eigenvalue weighted by molar-refractivity contribution is -0.423. The van der Waals surface area contributed by atoms with Gasteiger partial charge in [0.1, 0.15) is 0 Å². The predicted octanol–water partition coefficient (Wildman–Crippen LogP) is 1.33. The van der Waals surface area contributed by atoms with E-state index in [2.05, 4.69) is 0 Å². The van der Waals surface area contributed by atoms with Gasteiger partial charge >= 0.3 is 5.70 Å². The first-order valence-electron chi connectivity index (χ1n) is 3.07. The van der Waals surface area contributed by atoms with Crippen LogP contribution < -0.4 is 0 Å². The second-order valence-electron chi connectivity index (χ2n) is 2.36. The van der Waals surface area contributed by atoms with Crippen LogP contribution >= 0.6 is 11.6 Å². The van der Waals surface area contributed by atoms with E-state index in [1.54, 1.807) is 0 Å². The number of hydrogen-bond donors (Lipinski definition) is 1. The molecule has 0 spiro atoms. The van der Waals surface area contributed by atoms with Gasteiger partial charge in [-0.15, -0.1) is 0 Å². The van der Waals surface area contributed by atoms with Crippen LogP contribution in [0.2, 0.25) is 0 Å². The van der Waals surface area contributed by atoms with E-state index in [4.69, 9.17) is 16.7 Å². The van der Waals surface area contributed by atoms with Gasteiger partial charge in [0, 0.05) is 12.5 Å². The molecule has 0 aromatic carbocycles. The molecule has 1 aliphatic rings. The maximum absolute atomic E-state index is 12.6. The standard InChI is InChI=1S/C6H5ClFNO3/c7-6(10)2-1-4(8)5(3-6)9(11)12/h1,3,10H,2H2. The number of hydrogen-bond acceptors (Lipinski definition) is 3. The van der Waals surface area contributed by atoms with Gasteiger partial charge in [-0.25, -0.2) is 0 Å². The smallest absolute Gasteiger partial charge is 0.304 e. The number of nitrogens with zero attached hydrogens (tertiary/aromatic N) is 1. The second kappa shape index (κ2) is 2.84. The first-order valence-corrected chi connectivity index (χ1v) is 3.45. The summed E-state index contributed by atoms with van der Waals surface area (Å²) in [5.41, 5.74) is -0.793. The summed E-state index contributed by atoms with van der Waals surface area (Å²) in [5, 5.41) is 17.4. The number of rotatable bonds is 1. The Balaban J connectivity index is 3.02. The molecule has 66 valence electrons. The van der Waals surface area contributed by atoms with Crippen molar-refractivity contribution in [2.24, 2.45) is 0 Å². The highest BCUT2D eigenvalue weighted by molar-refractivity contribution is 6.24. The van der Waals surface area contributed by atoms with E-state index in [9.17, 15) is 14.5 Å². The number of alkyl halides is 1. The molecule has 0 aromatic rings. The second-order valence-corrected chi connectivity index (χ2v) is 3.02. The van der Waals surface area contributed by atoms with Crippen LogP contribution in [0.25, 0.3) is 0 Å². The van der Waals surface area contributed by atoms with Crippen LogP contribution in [-0.4, -0.2) is 15.1 Å². The molecule has 6 heteroatoms. The Labute approximate surface area is 72.1 Å². The summed E-state index contributed by atoms with van der Waals surface area (Å²) >= 11 is 5.34. The molecule has 0 saturated carbocycles. The van der Waals surface area contributed by atoms with Gasteiger partial charge in [0.15, 0.2) is 10.9 Å². The van der Waals surface area contributed by atoms with Crippen molar-refractivity contribution in [2.45, 2.75) is 11.5 Å².